The van der Waals surface area contributed by atoms with E-state index < -0.39 is 12.1 Å². The van der Waals surface area contributed by atoms with Crippen molar-refractivity contribution in [3.8, 4) is 0 Å². The van der Waals surface area contributed by atoms with E-state index >= 15 is 0 Å². The Morgan fingerprint density at radius 1 is 1.41 bits per heavy atom. The summed E-state index contributed by atoms with van der Waals surface area (Å²) in [6.45, 7) is 0. The molecule has 0 amide bonds. The van der Waals surface area contributed by atoms with Gasteiger partial charge in [0.2, 0.25) is 0 Å². The lowest BCUT2D eigenvalue weighted by atomic mass is 9.77. The van der Waals surface area contributed by atoms with Crippen molar-refractivity contribution in [3.05, 3.63) is 33.3 Å². The Labute approximate surface area is 121 Å². The summed E-state index contributed by atoms with van der Waals surface area (Å²) >= 11 is 9.48. The summed E-state index contributed by atoms with van der Waals surface area (Å²) in [5, 5.41) is 10.7. The van der Waals surface area contributed by atoms with Crippen LogP contribution < -0.4 is 5.73 Å². The van der Waals surface area contributed by atoms with Crippen molar-refractivity contribution in [1.82, 2.24) is 0 Å². The van der Waals surface area contributed by atoms with Crippen molar-refractivity contribution < 1.29 is 5.11 Å². The fourth-order valence-electron chi connectivity index (χ4n) is 2.03. The molecule has 0 aromatic heterocycles. The van der Waals surface area contributed by atoms with Crippen LogP contribution in [0.2, 0.25) is 5.02 Å². The Kier molecular flexibility index (Phi) is 5.74. The van der Waals surface area contributed by atoms with Crippen LogP contribution >= 0.6 is 39.9 Å². The number of halogens is 3. The number of hydrogen-bond acceptors (Lipinski definition) is 2. The van der Waals surface area contributed by atoms with Crippen LogP contribution in [0, 0.1) is 5.92 Å². The lowest BCUT2D eigenvalue weighted by molar-refractivity contribution is 0.0414. The molecule has 0 aliphatic heterocycles. The predicted octanol–water partition coefficient (Wildman–Crippen LogP) is 3.69. The van der Waals surface area contributed by atoms with Crippen molar-refractivity contribution >= 4 is 39.9 Å². The topological polar surface area (TPSA) is 46.2 Å². The molecule has 0 bridgehead atoms. The summed E-state index contributed by atoms with van der Waals surface area (Å²) in [4.78, 5) is 0. The molecule has 2 atom stereocenters. The second-order valence-corrected chi connectivity index (χ2v) is 5.70. The van der Waals surface area contributed by atoms with E-state index in [1.807, 2.05) is 12.1 Å². The first-order chi connectivity index (χ1) is 7.59. The van der Waals surface area contributed by atoms with Crippen LogP contribution in [0.15, 0.2) is 22.7 Å². The molecule has 1 saturated carbocycles. The Bertz CT molecular complexity index is 385. The van der Waals surface area contributed by atoms with Gasteiger partial charge in [-0.25, -0.2) is 0 Å². The van der Waals surface area contributed by atoms with Gasteiger partial charge in [-0.3, -0.25) is 0 Å². The molecule has 1 aliphatic carbocycles. The minimum absolute atomic E-state index is 0. The van der Waals surface area contributed by atoms with Crippen molar-refractivity contribution in [2.45, 2.75) is 31.4 Å². The molecule has 0 radical (unpaired) electrons. The number of nitrogens with two attached hydrogens (primary N) is 1. The monoisotopic (exact) mass is 339 g/mol. The summed E-state index contributed by atoms with van der Waals surface area (Å²) in [5.41, 5.74) is 6.88. The first-order valence-corrected chi connectivity index (χ1v) is 6.65. The van der Waals surface area contributed by atoms with E-state index in [9.17, 15) is 5.11 Å². The molecule has 0 heterocycles. The average Bonchev–Trinajstić information content (AvgIpc) is 2.18. The molecular formula is C12H16BrCl2NO. The SMILES string of the molecule is Cl.N[C@@H](c1cc(Br)ccc1Cl)[C@H](O)C1CCC1. The predicted molar refractivity (Wildman–Crippen MR) is 76.7 cm³/mol. The van der Waals surface area contributed by atoms with Gasteiger partial charge >= 0.3 is 0 Å². The van der Waals surface area contributed by atoms with Gasteiger partial charge in [-0.1, -0.05) is 34.0 Å². The van der Waals surface area contributed by atoms with Gasteiger partial charge in [-0.2, -0.15) is 0 Å². The summed E-state index contributed by atoms with van der Waals surface area (Å²) < 4.78 is 0.933. The molecule has 1 aromatic rings. The molecule has 96 valence electrons. The van der Waals surface area contributed by atoms with Crippen molar-refractivity contribution in [2.24, 2.45) is 11.7 Å². The lowest BCUT2D eigenvalue weighted by Gasteiger charge is -2.34. The number of hydrogen-bond donors (Lipinski definition) is 2. The molecule has 5 heteroatoms. The van der Waals surface area contributed by atoms with Gasteiger partial charge in [0, 0.05) is 9.50 Å². The van der Waals surface area contributed by atoms with Crippen LogP contribution in [-0.2, 0) is 0 Å². The van der Waals surface area contributed by atoms with Gasteiger partial charge in [0.15, 0.2) is 0 Å². The van der Waals surface area contributed by atoms with Crippen LogP contribution in [0.3, 0.4) is 0 Å². The quantitative estimate of drug-likeness (QED) is 0.881. The zero-order valence-electron chi connectivity index (χ0n) is 9.27. The molecular weight excluding hydrogens is 325 g/mol. The van der Waals surface area contributed by atoms with Crippen molar-refractivity contribution in [3.63, 3.8) is 0 Å². The molecule has 0 spiro atoms. The zero-order chi connectivity index (χ0) is 11.7. The highest BCUT2D eigenvalue weighted by atomic mass is 79.9. The van der Waals surface area contributed by atoms with Crippen LogP contribution in [0.4, 0.5) is 0 Å². The Morgan fingerprint density at radius 2 is 2.06 bits per heavy atom. The molecule has 2 nitrogen and oxygen atoms in total. The molecule has 1 aliphatic rings. The maximum absolute atomic E-state index is 10.1. The maximum Gasteiger partial charge on any atom is 0.0761 e. The number of benzene rings is 1. The maximum atomic E-state index is 10.1. The fraction of sp³-hybridized carbons (Fsp3) is 0.500. The van der Waals surface area contributed by atoms with Gasteiger partial charge in [-0.15, -0.1) is 12.4 Å². The minimum Gasteiger partial charge on any atom is -0.391 e. The van der Waals surface area contributed by atoms with E-state index in [1.54, 1.807) is 6.07 Å². The molecule has 3 N–H and O–H groups in total. The van der Waals surface area contributed by atoms with Gasteiger partial charge in [0.05, 0.1) is 12.1 Å². The summed E-state index contributed by atoms with van der Waals surface area (Å²) in [5.74, 6) is 0.338. The summed E-state index contributed by atoms with van der Waals surface area (Å²) in [6.07, 6.45) is 2.85. The second kappa shape index (κ2) is 6.39. The lowest BCUT2D eigenvalue weighted by Crippen LogP contribution is -2.36. The molecule has 1 aromatic carbocycles. The highest BCUT2D eigenvalue weighted by Crippen LogP contribution is 2.36. The zero-order valence-corrected chi connectivity index (χ0v) is 12.4. The number of aliphatic hydroxyl groups is 1. The van der Waals surface area contributed by atoms with Crippen molar-refractivity contribution in [1.29, 1.82) is 0 Å². The van der Waals surface area contributed by atoms with Crippen LogP contribution in [0.25, 0.3) is 0 Å². The van der Waals surface area contributed by atoms with E-state index in [0.717, 1.165) is 22.9 Å². The third-order valence-corrected chi connectivity index (χ3v) is 4.16. The summed E-state index contributed by atoms with van der Waals surface area (Å²) in [7, 11) is 0. The Balaban J connectivity index is 0.00000144. The molecule has 2 rings (SSSR count). The first-order valence-electron chi connectivity index (χ1n) is 5.48. The standard InChI is InChI=1S/C12H15BrClNO.ClH/c13-8-4-5-10(14)9(6-8)11(15)12(16)7-2-1-3-7;/h4-7,11-12,16H,1-3,15H2;1H/t11-,12+;/m0./s1. The number of rotatable bonds is 3. The van der Waals surface area contributed by atoms with E-state index in [0.29, 0.717) is 10.9 Å². The average molecular weight is 341 g/mol. The first kappa shape index (κ1) is 15.3. The number of aliphatic hydroxyl groups excluding tert-OH is 1. The Morgan fingerprint density at radius 3 is 2.59 bits per heavy atom. The van der Waals surface area contributed by atoms with E-state index in [-0.39, 0.29) is 12.4 Å². The minimum atomic E-state index is -0.486. The molecule has 0 unspecified atom stereocenters. The Hall–Kier alpha value is 0.200. The highest BCUT2D eigenvalue weighted by molar-refractivity contribution is 9.10. The molecule has 0 saturated heterocycles. The van der Waals surface area contributed by atoms with E-state index in [1.165, 1.54) is 6.42 Å². The van der Waals surface area contributed by atoms with Gasteiger partial charge < -0.3 is 10.8 Å². The third kappa shape index (κ3) is 3.36. The summed E-state index contributed by atoms with van der Waals surface area (Å²) in [6, 6.07) is 5.16. The molecule has 1 fully saturated rings. The van der Waals surface area contributed by atoms with Gasteiger partial charge in [0.25, 0.3) is 0 Å². The second-order valence-electron chi connectivity index (χ2n) is 4.37. The van der Waals surface area contributed by atoms with E-state index in [2.05, 4.69) is 15.9 Å². The molecule has 17 heavy (non-hydrogen) atoms. The fourth-order valence-corrected chi connectivity index (χ4v) is 2.65. The smallest absolute Gasteiger partial charge is 0.0761 e. The largest absolute Gasteiger partial charge is 0.391 e. The van der Waals surface area contributed by atoms with Crippen LogP contribution in [0.1, 0.15) is 30.9 Å². The van der Waals surface area contributed by atoms with Gasteiger partial charge in [-0.05, 0) is 42.5 Å². The third-order valence-electron chi connectivity index (χ3n) is 3.32. The van der Waals surface area contributed by atoms with Crippen molar-refractivity contribution in [2.75, 3.05) is 0 Å². The van der Waals surface area contributed by atoms with Crippen LogP contribution in [0.5, 0.6) is 0 Å². The van der Waals surface area contributed by atoms with Crippen LogP contribution in [-0.4, -0.2) is 11.2 Å². The van der Waals surface area contributed by atoms with E-state index in [4.69, 9.17) is 17.3 Å². The van der Waals surface area contributed by atoms with Gasteiger partial charge in [0.1, 0.15) is 0 Å². The highest BCUT2D eigenvalue weighted by Gasteiger charge is 2.31. The normalized spacial score (nSPS) is 19.1.